The van der Waals surface area contributed by atoms with Gasteiger partial charge >= 0.3 is 12.3 Å². The lowest BCUT2D eigenvalue weighted by molar-refractivity contribution is -0.287. The van der Waals surface area contributed by atoms with Gasteiger partial charge < -0.3 is 23.7 Å². The minimum absolute atomic E-state index is 0.0375. The molecule has 2 heterocycles. The van der Waals surface area contributed by atoms with Crippen molar-refractivity contribution in [2.24, 2.45) is 0 Å². The number of alkyl halides is 2. The summed E-state index contributed by atoms with van der Waals surface area (Å²) < 4.78 is 53.3. The maximum absolute atomic E-state index is 13.4. The second kappa shape index (κ2) is 7.64. The van der Waals surface area contributed by atoms with Gasteiger partial charge in [0.1, 0.15) is 16.8 Å². The first kappa shape index (κ1) is 20.2. The Balaban J connectivity index is 1.56. The smallest absolute Gasteiger partial charge is 0.491 e. The Morgan fingerprint density at radius 1 is 1.28 bits per heavy atom. The van der Waals surface area contributed by atoms with Gasteiger partial charge in [0.2, 0.25) is 0 Å². The van der Waals surface area contributed by atoms with Crippen molar-refractivity contribution < 1.29 is 37.3 Å². The SMILES string of the molecule is COC(=O)CC1COc2c1cc(Br)c(OCc1cccc3c1OC(F)(F)O3)c2Br. The summed E-state index contributed by atoms with van der Waals surface area (Å²) in [5, 5.41) is 0. The van der Waals surface area contributed by atoms with Gasteiger partial charge in [-0.3, -0.25) is 4.79 Å². The van der Waals surface area contributed by atoms with Crippen molar-refractivity contribution in [2.75, 3.05) is 13.7 Å². The fourth-order valence-electron chi connectivity index (χ4n) is 3.20. The number of rotatable bonds is 5. The molecular weight excluding hydrogens is 522 g/mol. The molecule has 6 nitrogen and oxygen atoms in total. The van der Waals surface area contributed by atoms with E-state index in [2.05, 4.69) is 41.3 Å². The number of hydrogen-bond donors (Lipinski definition) is 0. The number of halogens is 4. The first-order valence-electron chi connectivity index (χ1n) is 8.51. The quantitative estimate of drug-likeness (QED) is 0.493. The molecule has 0 N–H and O–H groups in total. The number of methoxy groups -OCH3 is 1. The second-order valence-corrected chi connectivity index (χ2v) is 8.06. The lowest BCUT2D eigenvalue weighted by atomic mass is 9.98. The van der Waals surface area contributed by atoms with Crippen LogP contribution in [0.25, 0.3) is 0 Å². The number of esters is 1. The Bertz CT molecular complexity index is 982. The molecule has 0 saturated heterocycles. The van der Waals surface area contributed by atoms with Crippen LogP contribution in [0.15, 0.2) is 33.2 Å². The van der Waals surface area contributed by atoms with Crippen LogP contribution in [-0.2, 0) is 16.1 Å². The fraction of sp³-hybridized carbons (Fsp3) is 0.316. The van der Waals surface area contributed by atoms with Gasteiger partial charge in [-0.15, -0.1) is 8.78 Å². The highest BCUT2D eigenvalue weighted by molar-refractivity contribution is 9.11. The van der Waals surface area contributed by atoms with E-state index in [4.69, 9.17) is 14.2 Å². The summed E-state index contributed by atoms with van der Waals surface area (Å²) in [7, 11) is 1.34. The zero-order valence-electron chi connectivity index (χ0n) is 15.0. The van der Waals surface area contributed by atoms with Gasteiger partial charge in [-0.1, -0.05) is 12.1 Å². The topological polar surface area (TPSA) is 63.2 Å². The summed E-state index contributed by atoms with van der Waals surface area (Å²) in [6.07, 6.45) is -3.50. The minimum atomic E-state index is -3.70. The molecule has 0 spiro atoms. The van der Waals surface area contributed by atoms with E-state index in [0.717, 1.165) is 5.56 Å². The van der Waals surface area contributed by atoms with Crippen molar-refractivity contribution in [3.8, 4) is 23.0 Å². The summed E-state index contributed by atoms with van der Waals surface area (Å²) in [4.78, 5) is 11.6. The van der Waals surface area contributed by atoms with E-state index < -0.39 is 6.29 Å². The van der Waals surface area contributed by atoms with Crippen LogP contribution in [0.4, 0.5) is 8.78 Å². The van der Waals surface area contributed by atoms with Gasteiger partial charge in [0, 0.05) is 17.0 Å². The largest absolute Gasteiger partial charge is 0.586 e. The normalized spacial score (nSPS) is 18.2. The molecule has 4 rings (SSSR count). The Morgan fingerprint density at radius 2 is 2.07 bits per heavy atom. The standard InChI is InChI=1S/C19H14Br2F2O6/c1-25-14(24)5-10-8-26-17-11(10)6-12(20)18(15(17)21)27-7-9-3-2-4-13-16(9)29-19(22,23)28-13/h2-4,6,10H,5,7-8H2,1H3. The second-order valence-electron chi connectivity index (χ2n) is 6.41. The van der Waals surface area contributed by atoms with Crippen LogP contribution in [0.5, 0.6) is 23.0 Å². The lowest BCUT2D eigenvalue weighted by Crippen LogP contribution is -2.26. The first-order valence-corrected chi connectivity index (χ1v) is 10.1. The Labute approximate surface area is 181 Å². The summed E-state index contributed by atoms with van der Waals surface area (Å²) in [6, 6.07) is 6.41. The molecule has 0 saturated carbocycles. The number of benzene rings is 2. The van der Waals surface area contributed by atoms with Crippen LogP contribution in [0.3, 0.4) is 0 Å². The molecule has 0 aromatic heterocycles. The summed E-state index contributed by atoms with van der Waals surface area (Å²) in [5.74, 6) is 0.449. The van der Waals surface area contributed by atoms with Crippen molar-refractivity contribution in [2.45, 2.75) is 25.2 Å². The lowest BCUT2D eigenvalue weighted by Gasteiger charge is -2.15. The van der Waals surface area contributed by atoms with E-state index in [9.17, 15) is 13.6 Å². The predicted octanol–water partition coefficient (Wildman–Crippen LogP) is 5.15. The molecule has 0 fully saturated rings. The van der Waals surface area contributed by atoms with Crippen LogP contribution >= 0.6 is 31.9 Å². The van der Waals surface area contributed by atoms with Gasteiger partial charge in [0.05, 0.1) is 24.6 Å². The molecule has 1 atom stereocenters. The number of carbonyl (C=O) groups excluding carboxylic acids is 1. The number of fused-ring (bicyclic) bond motifs is 2. The van der Waals surface area contributed by atoms with Gasteiger partial charge in [0.15, 0.2) is 17.2 Å². The Kier molecular flexibility index (Phi) is 5.32. The van der Waals surface area contributed by atoms with Crippen molar-refractivity contribution >= 4 is 37.8 Å². The van der Waals surface area contributed by atoms with Crippen molar-refractivity contribution in [3.63, 3.8) is 0 Å². The highest BCUT2D eigenvalue weighted by Gasteiger charge is 2.44. The van der Waals surface area contributed by atoms with Gasteiger partial charge in [0.25, 0.3) is 0 Å². The Hall–Kier alpha value is -2.07. The van der Waals surface area contributed by atoms with Gasteiger partial charge in [-0.2, -0.15) is 0 Å². The van der Waals surface area contributed by atoms with Gasteiger partial charge in [-0.05, 0) is 44.0 Å². The predicted molar refractivity (Wildman–Crippen MR) is 104 cm³/mol. The third kappa shape index (κ3) is 3.87. The third-order valence-electron chi connectivity index (χ3n) is 4.55. The van der Waals surface area contributed by atoms with Crippen molar-refractivity contribution in [1.82, 2.24) is 0 Å². The molecule has 2 aromatic rings. The van der Waals surface area contributed by atoms with E-state index >= 15 is 0 Å². The third-order valence-corrected chi connectivity index (χ3v) is 5.86. The van der Waals surface area contributed by atoms with Crippen LogP contribution in [0.2, 0.25) is 0 Å². The minimum Gasteiger partial charge on any atom is -0.491 e. The molecule has 2 aliphatic rings. The van der Waals surface area contributed by atoms with E-state index in [1.165, 1.54) is 13.2 Å². The average Bonchev–Trinajstić information content (AvgIpc) is 3.20. The molecule has 2 aromatic carbocycles. The molecule has 1 unspecified atom stereocenters. The van der Waals surface area contributed by atoms with Crippen molar-refractivity contribution in [1.29, 1.82) is 0 Å². The Morgan fingerprint density at radius 3 is 2.83 bits per heavy atom. The molecule has 0 amide bonds. The molecular formula is C19H14Br2F2O6. The highest BCUT2D eigenvalue weighted by atomic mass is 79.9. The van der Waals surface area contributed by atoms with Crippen LogP contribution in [0, 0.1) is 0 Å². The zero-order valence-corrected chi connectivity index (χ0v) is 18.1. The molecule has 29 heavy (non-hydrogen) atoms. The number of ether oxygens (including phenoxy) is 5. The first-order chi connectivity index (χ1) is 13.8. The van der Waals surface area contributed by atoms with E-state index in [1.807, 2.05) is 6.07 Å². The van der Waals surface area contributed by atoms with Gasteiger partial charge in [-0.25, -0.2) is 0 Å². The van der Waals surface area contributed by atoms with E-state index in [-0.39, 0.29) is 36.4 Å². The maximum Gasteiger partial charge on any atom is 0.586 e. The van der Waals surface area contributed by atoms with Crippen molar-refractivity contribution in [3.05, 3.63) is 44.3 Å². The number of para-hydroxylation sites is 1. The number of carbonyl (C=O) groups is 1. The molecule has 154 valence electrons. The molecule has 0 radical (unpaired) electrons. The molecule has 0 aliphatic carbocycles. The highest BCUT2D eigenvalue weighted by Crippen LogP contribution is 2.50. The van der Waals surface area contributed by atoms with E-state index in [1.54, 1.807) is 12.1 Å². The van der Waals surface area contributed by atoms with E-state index in [0.29, 0.717) is 32.6 Å². The fourth-order valence-corrected chi connectivity index (χ4v) is 4.70. The summed E-state index contributed by atoms with van der Waals surface area (Å²) in [5.41, 5.74) is 1.25. The molecule has 10 heteroatoms. The van der Waals surface area contributed by atoms with Crippen LogP contribution < -0.4 is 18.9 Å². The van der Waals surface area contributed by atoms with Crippen LogP contribution in [0.1, 0.15) is 23.5 Å². The average molecular weight is 536 g/mol. The maximum atomic E-state index is 13.4. The zero-order chi connectivity index (χ0) is 20.8. The summed E-state index contributed by atoms with van der Waals surface area (Å²) >= 11 is 6.94. The molecule has 0 bridgehead atoms. The van der Waals surface area contributed by atoms with Crippen LogP contribution in [-0.4, -0.2) is 26.0 Å². The molecule has 2 aliphatic heterocycles. The summed E-state index contributed by atoms with van der Waals surface area (Å²) in [6.45, 7) is 0.301. The number of hydrogen-bond acceptors (Lipinski definition) is 6. The monoisotopic (exact) mass is 534 g/mol.